The largest absolute Gasteiger partial charge is 0.307 e. The summed E-state index contributed by atoms with van der Waals surface area (Å²) >= 11 is 6.07. The molecule has 0 bridgehead atoms. The van der Waals surface area contributed by atoms with Crippen LogP contribution in [0.3, 0.4) is 0 Å². The van der Waals surface area contributed by atoms with E-state index in [1.807, 2.05) is 12.1 Å². The number of hydrogen-bond acceptors (Lipinski definition) is 1. The van der Waals surface area contributed by atoms with E-state index in [1.165, 1.54) is 44.1 Å². The summed E-state index contributed by atoms with van der Waals surface area (Å²) in [6, 6.07) is 9.28. The van der Waals surface area contributed by atoms with Crippen molar-refractivity contribution >= 4 is 11.6 Å². The Kier molecular flexibility index (Phi) is 5.72. The van der Waals surface area contributed by atoms with Gasteiger partial charge in [0.25, 0.3) is 0 Å². The lowest BCUT2D eigenvalue weighted by atomic mass is 9.97. The van der Waals surface area contributed by atoms with Gasteiger partial charge in [-0.2, -0.15) is 0 Å². The van der Waals surface area contributed by atoms with Crippen LogP contribution in [0, 0.1) is 5.92 Å². The van der Waals surface area contributed by atoms with Gasteiger partial charge in [0.15, 0.2) is 0 Å². The van der Waals surface area contributed by atoms with Crippen LogP contribution in [0.15, 0.2) is 24.3 Å². The fourth-order valence-corrected chi connectivity index (χ4v) is 3.38. The molecule has 1 aliphatic carbocycles. The molecule has 0 heterocycles. The molecule has 106 valence electrons. The molecule has 3 unspecified atom stereocenters. The molecule has 2 rings (SSSR count). The van der Waals surface area contributed by atoms with Gasteiger partial charge in [-0.3, -0.25) is 0 Å². The van der Waals surface area contributed by atoms with E-state index in [0.29, 0.717) is 12.1 Å². The summed E-state index contributed by atoms with van der Waals surface area (Å²) in [6.45, 7) is 4.57. The number of nitrogens with one attached hydrogen (secondary N) is 1. The Morgan fingerprint density at radius 2 is 2.11 bits per heavy atom. The first-order valence-corrected chi connectivity index (χ1v) is 8.08. The molecule has 3 atom stereocenters. The molecular weight excluding hydrogens is 254 g/mol. The first kappa shape index (κ1) is 14.9. The summed E-state index contributed by atoms with van der Waals surface area (Å²) in [6.07, 6.45) is 8.16. The van der Waals surface area contributed by atoms with Crippen LogP contribution in [0.1, 0.15) is 64.0 Å². The molecule has 0 aromatic heterocycles. The van der Waals surface area contributed by atoms with Crippen LogP contribution in [0.25, 0.3) is 0 Å². The number of halogens is 1. The van der Waals surface area contributed by atoms with Gasteiger partial charge in [-0.1, -0.05) is 49.9 Å². The van der Waals surface area contributed by atoms with Gasteiger partial charge in [0, 0.05) is 17.1 Å². The Morgan fingerprint density at radius 3 is 2.84 bits per heavy atom. The lowest BCUT2D eigenvalue weighted by Gasteiger charge is -2.22. The molecule has 1 fully saturated rings. The second-order valence-corrected chi connectivity index (χ2v) is 6.36. The quantitative estimate of drug-likeness (QED) is 0.733. The van der Waals surface area contributed by atoms with Crippen LogP contribution >= 0.6 is 11.6 Å². The standard InChI is InChI=1S/C17H26ClN/c1-3-14-6-4-9-17(11-10-14)19-13(2)15-7-5-8-16(18)12-15/h5,7-8,12-14,17,19H,3-4,6,9-11H2,1-2H3. The third-order valence-corrected chi connectivity index (χ3v) is 4.74. The van der Waals surface area contributed by atoms with E-state index >= 15 is 0 Å². The third kappa shape index (κ3) is 4.50. The van der Waals surface area contributed by atoms with Crippen molar-refractivity contribution in [1.82, 2.24) is 5.32 Å². The molecule has 0 radical (unpaired) electrons. The first-order chi connectivity index (χ1) is 9.19. The minimum atomic E-state index is 0.391. The number of rotatable bonds is 4. The molecule has 1 aromatic carbocycles. The van der Waals surface area contributed by atoms with Gasteiger partial charge >= 0.3 is 0 Å². The molecule has 1 aliphatic rings. The predicted molar refractivity (Wildman–Crippen MR) is 83.7 cm³/mol. The number of benzene rings is 1. The summed E-state index contributed by atoms with van der Waals surface area (Å²) < 4.78 is 0. The number of hydrogen-bond donors (Lipinski definition) is 1. The average molecular weight is 280 g/mol. The van der Waals surface area contributed by atoms with Crippen molar-refractivity contribution < 1.29 is 0 Å². The highest BCUT2D eigenvalue weighted by atomic mass is 35.5. The van der Waals surface area contributed by atoms with Crippen LogP contribution < -0.4 is 5.32 Å². The summed E-state index contributed by atoms with van der Waals surface area (Å²) in [7, 11) is 0. The summed E-state index contributed by atoms with van der Waals surface area (Å²) in [5, 5.41) is 4.62. The van der Waals surface area contributed by atoms with Crippen molar-refractivity contribution in [2.75, 3.05) is 0 Å². The van der Waals surface area contributed by atoms with E-state index in [9.17, 15) is 0 Å². The predicted octanol–water partition coefficient (Wildman–Crippen LogP) is 5.35. The van der Waals surface area contributed by atoms with E-state index in [2.05, 4.69) is 31.3 Å². The Balaban J connectivity index is 1.90. The SMILES string of the molecule is CCC1CCCC(NC(C)c2cccc(Cl)c2)CC1. The molecule has 19 heavy (non-hydrogen) atoms. The van der Waals surface area contributed by atoms with E-state index in [4.69, 9.17) is 11.6 Å². The van der Waals surface area contributed by atoms with E-state index in [-0.39, 0.29) is 0 Å². The Morgan fingerprint density at radius 1 is 1.26 bits per heavy atom. The van der Waals surface area contributed by atoms with Crippen molar-refractivity contribution in [3.8, 4) is 0 Å². The van der Waals surface area contributed by atoms with Crippen molar-refractivity contribution in [3.63, 3.8) is 0 Å². The molecule has 0 amide bonds. The summed E-state index contributed by atoms with van der Waals surface area (Å²) in [5.74, 6) is 0.952. The van der Waals surface area contributed by atoms with Crippen LogP contribution in [0.4, 0.5) is 0 Å². The van der Waals surface area contributed by atoms with Gasteiger partial charge in [-0.25, -0.2) is 0 Å². The molecule has 1 N–H and O–H groups in total. The minimum absolute atomic E-state index is 0.391. The lowest BCUT2D eigenvalue weighted by molar-refractivity contribution is 0.400. The smallest absolute Gasteiger partial charge is 0.0409 e. The van der Waals surface area contributed by atoms with Gasteiger partial charge in [-0.15, -0.1) is 0 Å². The Hall–Kier alpha value is -0.530. The van der Waals surface area contributed by atoms with Gasteiger partial charge in [0.2, 0.25) is 0 Å². The van der Waals surface area contributed by atoms with Crippen LogP contribution in [-0.2, 0) is 0 Å². The van der Waals surface area contributed by atoms with E-state index < -0.39 is 0 Å². The maximum absolute atomic E-state index is 6.07. The minimum Gasteiger partial charge on any atom is -0.307 e. The zero-order chi connectivity index (χ0) is 13.7. The molecule has 1 aromatic rings. The molecule has 1 saturated carbocycles. The maximum atomic E-state index is 6.07. The molecule has 0 saturated heterocycles. The van der Waals surface area contributed by atoms with Crippen LogP contribution in [0.5, 0.6) is 0 Å². The zero-order valence-corrected chi connectivity index (χ0v) is 12.9. The monoisotopic (exact) mass is 279 g/mol. The van der Waals surface area contributed by atoms with Gasteiger partial charge < -0.3 is 5.32 Å². The fourth-order valence-electron chi connectivity index (χ4n) is 3.18. The molecular formula is C17H26ClN. The second kappa shape index (κ2) is 7.31. The normalized spacial score (nSPS) is 25.8. The topological polar surface area (TPSA) is 12.0 Å². The highest BCUT2D eigenvalue weighted by molar-refractivity contribution is 6.30. The second-order valence-electron chi connectivity index (χ2n) is 5.92. The molecule has 0 aliphatic heterocycles. The van der Waals surface area contributed by atoms with E-state index in [0.717, 1.165) is 10.9 Å². The summed E-state index contributed by atoms with van der Waals surface area (Å²) in [4.78, 5) is 0. The van der Waals surface area contributed by atoms with Crippen molar-refractivity contribution in [1.29, 1.82) is 0 Å². The van der Waals surface area contributed by atoms with Gasteiger partial charge in [0.1, 0.15) is 0 Å². The average Bonchev–Trinajstić information content (AvgIpc) is 2.64. The van der Waals surface area contributed by atoms with E-state index in [1.54, 1.807) is 0 Å². The lowest BCUT2D eigenvalue weighted by Crippen LogP contribution is -2.31. The Bertz CT molecular complexity index is 391. The van der Waals surface area contributed by atoms with Crippen LogP contribution in [0.2, 0.25) is 5.02 Å². The first-order valence-electron chi connectivity index (χ1n) is 7.70. The van der Waals surface area contributed by atoms with Crippen molar-refractivity contribution in [2.45, 2.75) is 64.5 Å². The fraction of sp³-hybridized carbons (Fsp3) is 0.647. The van der Waals surface area contributed by atoms with Crippen LogP contribution in [-0.4, -0.2) is 6.04 Å². The molecule has 0 spiro atoms. The Labute approximate surface area is 122 Å². The van der Waals surface area contributed by atoms with Gasteiger partial charge in [-0.05, 0) is 49.8 Å². The highest BCUT2D eigenvalue weighted by Gasteiger charge is 2.19. The van der Waals surface area contributed by atoms with Gasteiger partial charge in [0.05, 0.1) is 0 Å². The maximum Gasteiger partial charge on any atom is 0.0409 e. The summed E-state index contributed by atoms with van der Waals surface area (Å²) in [5.41, 5.74) is 1.30. The highest BCUT2D eigenvalue weighted by Crippen LogP contribution is 2.27. The zero-order valence-electron chi connectivity index (χ0n) is 12.2. The molecule has 1 nitrogen and oxygen atoms in total. The van der Waals surface area contributed by atoms with Crippen molar-refractivity contribution in [2.24, 2.45) is 5.92 Å². The van der Waals surface area contributed by atoms with Crippen molar-refractivity contribution in [3.05, 3.63) is 34.9 Å². The molecule has 2 heteroatoms. The third-order valence-electron chi connectivity index (χ3n) is 4.50.